The van der Waals surface area contributed by atoms with Crippen molar-refractivity contribution in [3.8, 4) is 23.6 Å². The first kappa shape index (κ1) is 28.7. The minimum Gasteiger partial charge on any atom is -0.378 e. The lowest BCUT2D eigenvalue weighted by Gasteiger charge is -2.11. The summed E-state index contributed by atoms with van der Waals surface area (Å²) < 4.78 is 48.1. The van der Waals surface area contributed by atoms with Crippen LogP contribution in [0, 0.1) is 12.3 Å². The van der Waals surface area contributed by atoms with Crippen molar-refractivity contribution in [3.05, 3.63) is 52.7 Å². The Bertz CT molecular complexity index is 1360. The molecule has 0 radical (unpaired) electrons. The van der Waals surface area contributed by atoms with Gasteiger partial charge in [0.25, 0.3) is 11.8 Å². The van der Waals surface area contributed by atoms with Gasteiger partial charge in [0.2, 0.25) is 0 Å². The number of nitrogens with one attached hydrogen (secondary N) is 2. The summed E-state index contributed by atoms with van der Waals surface area (Å²) >= 11 is 6.23. The first-order chi connectivity index (χ1) is 17.9. The van der Waals surface area contributed by atoms with Gasteiger partial charge < -0.3 is 25.7 Å². The van der Waals surface area contributed by atoms with Crippen molar-refractivity contribution >= 4 is 29.1 Å². The van der Waals surface area contributed by atoms with E-state index >= 15 is 0 Å². The van der Waals surface area contributed by atoms with Crippen LogP contribution in [-0.2, 0) is 24.5 Å². The Labute approximate surface area is 221 Å². The number of amides is 2. The zero-order chi connectivity index (χ0) is 28.0. The Morgan fingerprint density at radius 3 is 2.68 bits per heavy atom. The number of nitrogens with zero attached hydrogens (tertiary/aromatic N) is 4. The number of aromatic nitrogens is 4. The molecule has 14 heteroatoms. The van der Waals surface area contributed by atoms with Crippen LogP contribution >= 0.6 is 11.6 Å². The molecule has 0 aliphatic rings. The number of alkyl halides is 3. The average Bonchev–Trinajstić information content (AvgIpc) is 3.42. The van der Waals surface area contributed by atoms with Gasteiger partial charge in [0, 0.05) is 31.5 Å². The molecule has 2 aromatic heterocycles. The molecule has 0 spiro atoms. The highest BCUT2D eigenvalue weighted by Gasteiger charge is 2.38. The molecule has 0 aliphatic heterocycles. The quantitative estimate of drug-likeness (QED) is 0.262. The molecule has 0 bridgehead atoms. The third-order valence-corrected chi connectivity index (χ3v) is 5.45. The third kappa shape index (κ3) is 6.91. The molecule has 0 saturated carbocycles. The van der Waals surface area contributed by atoms with Gasteiger partial charge in [-0.25, -0.2) is 4.98 Å². The van der Waals surface area contributed by atoms with Crippen LogP contribution in [0.1, 0.15) is 33.6 Å². The first-order valence-corrected chi connectivity index (χ1v) is 11.6. The number of benzene rings is 1. The number of anilines is 1. The van der Waals surface area contributed by atoms with E-state index in [9.17, 15) is 22.8 Å². The van der Waals surface area contributed by atoms with Crippen LogP contribution in [0.4, 0.5) is 18.9 Å². The van der Waals surface area contributed by atoms with Gasteiger partial charge in [-0.1, -0.05) is 17.5 Å². The summed E-state index contributed by atoms with van der Waals surface area (Å²) in [6.07, 6.45) is 2.73. The molecule has 1 aromatic carbocycles. The van der Waals surface area contributed by atoms with Gasteiger partial charge in [-0.2, -0.15) is 18.3 Å². The second-order valence-electron chi connectivity index (χ2n) is 8.27. The average molecular weight is 552 g/mol. The van der Waals surface area contributed by atoms with Crippen molar-refractivity contribution in [2.24, 2.45) is 12.8 Å². The highest BCUT2D eigenvalue weighted by molar-refractivity contribution is 6.34. The Balaban J connectivity index is 1.72. The predicted octanol–water partition coefficient (Wildman–Crippen LogP) is 2.93. The molecule has 1 atom stereocenters. The molecule has 38 heavy (non-hydrogen) atoms. The molecule has 10 nitrogen and oxygen atoms in total. The lowest BCUT2D eigenvalue weighted by Crippen LogP contribution is -2.29. The summed E-state index contributed by atoms with van der Waals surface area (Å²) in [6.45, 7) is 2.53. The standard InChI is InChI=1S/C24H25ClF3N7O3/c1-4-8-35-12-17(20(33-35)24(26,27)28)19-11-31-21(34(19)3)23(37)32-15-5-6-16(18(25)10-15)22(36)30-7-9-38-13-14(2)29/h1,5-6,10-12,14H,7-9,13,29H2,2-3H3,(H,30,36)(H,32,37). The summed E-state index contributed by atoms with van der Waals surface area (Å²) in [5, 5.41) is 8.84. The van der Waals surface area contributed by atoms with Crippen molar-refractivity contribution in [2.75, 3.05) is 25.1 Å². The molecule has 3 rings (SSSR count). The van der Waals surface area contributed by atoms with Crippen LogP contribution in [0.5, 0.6) is 0 Å². The van der Waals surface area contributed by atoms with Gasteiger partial charge in [-0.15, -0.1) is 6.42 Å². The zero-order valence-corrected chi connectivity index (χ0v) is 21.2. The SMILES string of the molecule is C#CCn1cc(-c2cnc(C(=O)Nc3ccc(C(=O)NCCOCC(C)N)c(Cl)c3)n2C)c(C(F)(F)F)n1. The third-order valence-electron chi connectivity index (χ3n) is 5.13. The van der Waals surface area contributed by atoms with E-state index in [-0.39, 0.29) is 59.1 Å². The van der Waals surface area contributed by atoms with E-state index in [4.69, 9.17) is 28.5 Å². The van der Waals surface area contributed by atoms with E-state index in [1.54, 1.807) is 6.92 Å². The van der Waals surface area contributed by atoms with Gasteiger partial charge >= 0.3 is 6.18 Å². The van der Waals surface area contributed by atoms with Crippen molar-refractivity contribution in [1.29, 1.82) is 0 Å². The Hall–Kier alpha value is -3.86. The lowest BCUT2D eigenvalue weighted by atomic mass is 10.2. The van der Waals surface area contributed by atoms with Gasteiger partial charge in [0.15, 0.2) is 11.5 Å². The number of imidazole rings is 1. The Morgan fingerprint density at radius 2 is 2.05 bits per heavy atom. The fourth-order valence-electron chi connectivity index (χ4n) is 3.43. The zero-order valence-electron chi connectivity index (χ0n) is 20.5. The first-order valence-electron chi connectivity index (χ1n) is 11.2. The molecule has 1 unspecified atom stereocenters. The minimum absolute atomic E-state index is 0.0145. The maximum absolute atomic E-state index is 13.5. The predicted molar refractivity (Wildman–Crippen MR) is 134 cm³/mol. The number of terminal acetylenes is 1. The number of carbonyl (C=O) groups is 2. The van der Waals surface area contributed by atoms with Crippen LogP contribution in [0.2, 0.25) is 5.02 Å². The van der Waals surface area contributed by atoms with E-state index in [1.807, 2.05) is 0 Å². The van der Waals surface area contributed by atoms with Gasteiger partial charge in [0.1, 0.15) is 6.54 Å². The number of nitrogens with two attached hydrogens (primary N) is 1. The number of rotatable bonds is 10. The number of carbonyl (C=O) groups excluding carboxylic acids is 2. The highest BCUT2D eigenvalue weighted by Crippen LogP contribution is 2.36. The monoisotopic (exact) mass is 551 g/mol. The van der Waals surface area contributed by atoms with Crippen molar-refractivity contribution in [2.45, 2.75) is 25.7 Å². The molecule has 0 saturated heterocycles. The van der Waals surface area contributed by atoms with Crippen molar-refractivity contribution < 1.29 is 27.5 Å². The Kier molecular flexibility index (Phi) is 9.16. The van der Waals surface area contributed by atoms with Crippen LogP contribution in [0.3, 0.4) is 0 Å². The molecule has 4 N–H and O–H groups in total. The molecule has 202 valence electrons. The summed E-state index contributed by atoms with van der Waals surface area (Å²) in [4.78, 5) is 29.2. The minimum atomic E-state index is -4.75. The van der Waals surface area contributed by atoms with Crippen LogP contribution < -0.4 is 16.4 Å². The van der Waals surface area contributed by atoms with Crippen LogP contribution in [0.25, 0.3) is 11.3 Å². The number of hydrogen-bond acceptors (Lipinski definition) is 6. The topological polar surface area (TPSA) is 129 Å². The molecule has 3 aromatic rings. The lowest BCUT2D eigenvalue weighted by molar-refractivity contribution is -0.141. The second-order valence-corrected chi connectivity index (χ2v) is 8.68. The number of hydrogen-bond donors (Lipinski definition) is 3. The summed E-state index contributed by atoms with van der Waals surface area (Å²) in [5.74, 6) is 0.924. The molecule has 2 heterocycles. The molecular formula is C24H25ClF3N7O3. The fourth-order valence-corrected chi connectivity index (χ4v) is 3.70. The normalized spacial score (nSPS) is 12.2. The van der Waals surface area contributed by atoms with E-state index < -0.39 is 23.7 Å². The van der Waals surface area contributed by atoms with E-state index in [1.165, 1.54) is 29.8 Å². The van der Waals surface area contributed by atoms with Crippen LogP contribution in [-0.4, -0.2) is 56.9 Å². The Morgan fingerprint density at radius 1 is 1.32 bits per heavy atom. The van der Waals surface area contributed by atoms with Gasteiger partial charge in [0.05, 0.1) is 41.3 Å². The van der Waals surface area contributed by atoms with Crippen LogP contribution in [0.15, 0.2) is 30.6 Å². The maximum Gasteiger partial charge on any atom is 0.435 e. The smallest absolute Gasteiger partial charge is 0.378 e. The molecular weight excluding hydrogens is 527 g/mol. The van der Waals surface area contributed by atoms with E-state index in [0.717, 1.165) is 17.1 Å². The van der Waals surface area contributed by atoms with E-state index in [0.29, 0.717) is 6.61 Å². The molecule has 2 amide bonds. The van der Waals surface area contributed by atoms with Gasteiger partial charge in [-0.05, 0) is 25.1 Å². The largest absolute Gasteiger partial charge is 0.435 e. The summed E-state index contributed by atoms with van der Waals surface area (Å²) in [6, 6.07) is 4.14. The second kappa shape index (κ2) is 12.1. The molecule has 0 fully saturated rings. The van der Waals surface area contributed by atoms with Gasteiger partial charge in [-0.3, -0.25) is 14.3 Å². The van der Waals surface area contributed by atoms with Crippen molar-refractivity contribution in [3.63, 3.8) is 0 Å². The number of ether oxygens (including phenoxy) is 1. The highest BCUT2D eigenvalue weighted by atomic mass is 35.5. The summed E-state index contributed by atoms with van der Waals surface area (Å²) in [5.41, 5.74) is 4.60. The van der Waals surface area contributed by atoms with Crippen molar-refractivity contribution in [1.82, 2.24) is 24.6 Å². The maximum atomic E-state index is 13.5. The fraction of sp³-hybridized carbons (Fsp3) is 0.333. The van der Waals surface area contributed by atoms with E-state index in [2.05, 4.69) is 26.6 Å². The summed E-state index contributed by atoms with van der Waals surface area (Å²) in [7, 11) is 1.40. The molecule has 0 aliphatic carbocycles. The number of halogens is 4.